The molecule has 26 heavy (non-hydrogen) atoms. The van der Waals surface area contributed by atoms with Gasteiger partial charge in [-0.2, -0.15) is 0 Å². The van der Waals surface area contributed by atoms with E-state index < -0.39 is 6.04 Å². The second-order valence-electron chi connectivity index (χ2n) is 6.27. The molecule has 1 aliphatic rings. The Kier molecular flexibility index (Phi) is 4.28. The molecule has 0 bridgehead atoms. The van der Waals surface area contributed by atoms with Crippen molar-refractivity contribution in [3.63, 3.8) is 0 Å². The van der Waals surface area contributed by atoms with E-state index in [9.17, 15) is 9.59 Å². The second-order valence-corrected chi connectivity index (χ2v) is 7.12. The quantitative estimate of drug-likeness (QED) is 0.695. The average Bonchev–Trinajstić information content (AvgIpc) is 2.99. The Bertz CT molecular complexity index is 1010. The highest BCUT2D eigenvalue weighted by molar-refractivity contribution is 9.10. The molecule has 0 spiro atoms. The number of nitrogens with one attached hydrogen (secondary N) is 1. The topological polar surface area (TPSA) is 62.6 Å². The summed E-state index contributed by atoms with van der Waals surface area (Å²) in [5.41, 5.74) is 2.22. The Morgan fingerprint density at radius 2 is 1.92 bits per heavy atom. The van der Waals surface area contributed by atoms with Gasteiger partial charge in [-0.1, -0.05) is 52.3 Å². The monoisotopic (exact) mass is 412 g/mol. The lowest BCUT2D eigenvalue weighted by Crippen LogP contribution is -2.52. The van der Waals surface area contributed by atoms with Crippen LogP contribution in [0, 0.1) is 6.92 Å². The number of nitrogens with zero attached hydrogens (tertiary/aromatic N) is 1. The van der Waals surface area contributed by atoms with Crippen LogP contribution in [0.2, 0.25) is 0 Å². The Morgan fingerprint density at radius 1 is 1.19 bits per heavy atom. The van der Waals surface area contributed by atoms with Crippen molar-refractivity contribution < 1.29 is 14.0 Å². The minimum atomic E-state index is -0.695. The van der Waals surface area contributed by atoms with Gasteiger partial charge < -0.3 is 14.6 Å². The maximum absolute atomic E-state index is 13.3. The van der Waals surface area contributed by atoms with Crippen LogP contribution in [0.3, 0.4) is 0 Å². The summed E-state index contributed by atoms with van der Waals surface area (Å²) < 4.78 is 6.62. The summed E-state index contributed by atoms with van der Waals surface area (Å²) >= 11 is 3.49. The highest BCUT2D eigenvalue weighted by atomic mass is 79.9. The highest BCUT2D eigenvalue weighted by Crippen LogP contribution is 2.33. The van der Waals surface area contributed by atoms with Crippen molar-refractivity contribution >= 4 is 38.7 Å². The highest BCUT2D eigenvalue weighted by Gasteiger charge is 2.37. The smallest absolute Gasteiger partial charge is 0.290 e. The van der Waals surface area contributed by atoms with Gasteiger partial charge in [0.05, 0.1) is 0 Å². The van der Waals surface area contributed by atoms with Crippen molar-refractivity contribution in [3.8, 4) is 0 Å². The third-order valence-electron chi connectivity index (χ3n) is 4.71. The van der Waals surface area contributed by atoms with Gasteiger partial charge in [0, 0.05) is 28.5 Å². The summed E-state index contributed by atoms with van der Waals surface area (Å²) in [6.07, 6.45) is 0. The van der Waals surface area contributed by atoms with Crippen molar-refractivity contribution in [3.05, 3.63) is 69.9 Å². The van der Waals surface area contributed by atoms with Crippen LogP contribution < -0.4 is 5.32 Å². The number of furan rings is 1. The number of piperazine rings is 1. The Morgan fingerprint density at radius 3 is 2.69 bits per heavy atom. The Balaban J connectivity index is 1.78. The largest absolute Gasteiger partial charge is 0.451 e. The molecule has 0 saturated carbocycles. The molecule has 4 rings (SSSR count). The third-order valence-corrected chi connectivity index (χ3v) is 5.43. The first-order valence-corrected chi connectivity index (χ1v) is 9.18. The van der Waals surface area contributed by atoms with Crippen molar-refractivity contribution in [2.24, 2.45) is 0 Å². The van der Waals surface area contributed by atoms with Crippen LogP contribution in [0.5, 0.6) is 0 Å². The Labute approximate surface area is 159 Å². The number of halogens is 1. The molecule has 2 heterocycles. The van der Waals surface area contributed by atoms with Gasteiger partial charge in [-0.15, -0.1) is 0 Å². The zero-order valence-corrected chi connectivity index (χ0v) is 15.7. The normalized spacial score (nSPS) is 17.4. The van der Waals surface area contributed by atoms with Crippen molar-refractivity contribution in [1.29, 1.82) is 0 Å². The van der Waals surface area contributed by atoms with E-state index in [0.717, 1.165) is 21.0 Å². The van der Waals surface area contributed by atoms with E-state index in [0.29, 0.717) is 18.7 Å². The number of fused-ring (bicyclic) bond motifs is 1. The third kappa shape index (κ3) is 2.70. The summed E-state index contributed by atoms with van der Waals surface area (Å²) in [5.74, 6) is -0.169. The van der Waals surface area contributed by atoms with Gasteiger partial charge in [-0.3, -0.25) is 9.59 Å². The predicted octanol–water partition coefficient (Wildman–Crippen LogP) is 3.82. The molecule has 1 fully saturated rings. The SMILES string of the molecule is Cc1c(C(=O)N2CCNC(=O)C2c2ccccc2Br)oc2ccccc12. The molecule has 3 aromatic rings. The van der Waals surface area contributed by atoms with E-state index in [1.807, 2.05) is 55.5 Å². The molecule has 1 N–H and O–H groups in total. The van der Waals surface area contributed by atoms with Crippen molar-refractivity contribution in [2.75, 3.05) is 13.1 Å². The molecule has 6 heteroatoms. The summed E-state index contributed by atoms with van der Waals surface area (Å²) in [6, 6.07) is 14.3. The molecule has 5 nitrogen and oxygen atoms in total. The zero-order valence-electron chi connectivity index (χ0n) is 14.2. The fourth-order valence-corrected chi connectivity index (χ4v) is 3.90. The van der Waals surface area contributed by atoms with Crippen LogP contribution in [0.1, 0.15) is 27.7 Å². The molecule has 1 aliphatic heterocycles. The van der Waals surface area contributed by atoms with Crippen LogP contribution >= 0.6 is 15.9 Å². The molecule has 0 aliphatic carbocycles. The molecule has 2 amide bonds. The van der Waals surface area contributed by atoms with Gasteiger partial charge in [0.15, 0.2) is 5.76 Å². The summed E-state index contributed by atoms with van der Waals surface area (Å²) in [6.45, 7) is 2.72. The van der Waals surface area contributed by atoms with Gasteiger partial charge in [0.2, 0.25) is 5.91 Å². The number of para-hydroxylation sites is 1. The first kappa shape index (κ1) is 16.8. The lowest BCUT2D eigenvalue weighted by molar-refractivity contribution is -0.128. The van der Waals surface area contributed by atoms with Gasteiger partial charge in [0.1, 0.15) is 11.6 Å². The van der Waals surface area contributed by atoms with Crippen LogP contribution in [0.15, 0.2) is 57.4 Å². The van der Waals surface area contributed by atoms with Gasteiger partial charge in [0.25, 0.3) is 5.91 Å². The fraction of sp³-hybridized carbons (Fsp3) is 0.200. The van der Waals surface area contributed by atoms with Gasteiger partial charge in [-0.05, 0) is 24.6 Å². The molecule has 132 valence electrons. The maximum atomic E-state index is 13.3. The molecule has 1 aromatic heterocycles. The second kappa shape index (κ2) is 6.61. The van der Waals surface area contributed by atoms with E-state index in [4.69, 9.17) is 4.42 Å². The predicted molar refractivity (Wildman–Crippen MR) is 102 cm³/mol. The van der Waals surface area contributed by atoms with E-state index in [1.54, 1.807) is 4.90 Å². The van der Waals surface area contributed by atoms with Crippen molar-refractivity contribution in [1.82, 2.24) is 10.2 Å². The Hall–Kier alpha value is -2.60. The van der Waals surface area contributed by atoms with E-state index in [1.165, 1.54) is 0 Å². The molecule has 2 aromatic carbocycles. The van der Waals surface area contributed by atoms with Crippen molar-refractivity contribution in [2.45, 2.75) is 13.0 Å². The lowest BCUT2D eigenvalue weighted by Gasteiger charge is -2.35. The molecule has 0 radical (unpaired) electrons. The van der Waals surface area contributed by atoms with Crippen LogP contribution in [-0.2, 0) is 4.79 Å². The number of carbonyl (C=O) groups excluding carboxylic acids is 2. The number of amides is 2. The summed E-state index contributed by atoms with van der Waals surface area (Å²) in [5, 5.41) is 3.76. The zero-order chi connectivity index (χ0) is 18.3. The average molecular weight is 413 g/mol. The van der Waals surface area contributed by atoms with E-state index in [-0.39, 0.29) is 17.6 Å². The summed E-state index contributed by atoms with van der Waals surface area (Å²) in [4.78, 5) is 27.4. The number of hydrogen-bond acceptors (Lipinski definition) is 3. The number of benzene rings is 2. The molecule has 1 atom stereocenters. The fourth-order valence-electron chi connectivity index (χ4n) is 3.40. The summed E-state index contributed by atoms with van der Waals surface area (Å²) in [7, 11) is 0. The minimum Gasteiger partial charge on any atom is -0.451 e. The number of aryl methyl sites for hydroxylation is 1. The van der Waals surface area contributed by atoms with Crippen LogP contribution in [0.4, 0.5) is 0 Å². The molecule has 1 unspecified atom stereocenters. The van der Waals surface area contributed by atoms with E-state index >= 15 is 0 Å². The minimum absolute atomic E-state index is 0.190. The first-order chi connectivity index (χ1) is 12.6. The van der Waals surface area contributed by atoms with Gasteiger partial charge in [-0.25, -0.2) is 0 Å². The molecular formula is C20H17BrN2O3. The lowest BCUT2D eigenvalue weighted by atomic mass is 10.0. The van der Waals surface area contributed by atoms with Crippen LogP contribution in [-0.4, -0.2) is 29.8 Å². The standard InChI is InChI=1S/C20H17BrN2O3/c1-12-13-6-3-5-9-16(13)26-18(12)20(25)23-11-10-22-19(24)17(23)14-7-2-4-8-15(14)21/h2-9,17H,10-11H2,1H3,(H,22,24). The number of carbonyl (C=O) groups is 2. The van der Waals surface area contributed by atoms with E-state index in [2.05, 4.69) is 21.2 Å². The molecular weight excluding hydrogens is 396 g/mol. The van der Waals surface area contributed by atoms with Crippen LogP contribution in [0.25, 0.3) is 11.0 Å². The molecule has 1 saturated heterocycles. The first-order valence-electron chi connectivity index (χ1n) is 8.39. The number of hydrogen-bond donors (Lipinski definition) is 1. The maximum Gasteiger partial charge on any atom is 0.290 e. The van der Waals surface area contributed by atoms with Gasteiger partial charge >= 0.3 is 0 Å². The number of rotatable bonds is 2.